The molecule has 2 N–H and O–H groups in total. The Morgan fingerprint density at radius 3 is 2.52 bits per heavy atom. The normalized spacial score (nSPS) is 10.7. The van der Waals surface area contributed by atoms with Crippen LogP contribution in [0.3, 0.4) is 0 Å². The second-order valence-corrected chi connectivity index (χ2v) is 6.01. The van der Waals surface area contributed by atoms with Gasteiger partial charge in [0.15, 0.2) is 6.61 Å². The lowest BCUT2D eigenvalue weighted by atomic mass is 10.2. The van der Waals surface area contributed by atoms with Gasteiger partial charge in [-0.25, -0.2) is 5.43 Å². The first kappa shape index (κ1) is 20.0. The molecule has 0 aliphatic heterocycles. The topological polar surface area (TPSA) is 89.0 Å². The number of nitrogens with one attached hydrogen (secondary N) is 2. The van der Waals surface area contributed by atoms with Crippen molar-refractivity contribution in [2.45, 2.75) is 19.9 Å². The first-order valence-electron chi connectivity index (χ1n) is 8.47. The fraction of sp³-hybridized carbons (Fsp3) is 0.250. The van der Waals surface area contributed by atoms with Crippen LogP contribution in [0, 0.1) is 0 Å². The Balaban J connectivity index is 1.84. The number of ether oxygens (including phenoxy) is 2. The second kappa shape index (κ2) is 9.96. The molecule has 0 saturated heterocycles. The molecule has 0 aliphatic rings. The van der Waals surface area contributed by atoms with Gasteiger partial charge < -0.3 is 14.8 Å². The minimum absolute atomic E-state index is 0.0395. The highest BCUT2D eigenvalue weighted by Crippen LogP contribution is 2.13. The molecule has 7 nitrogen and oxygen atoms in total. The smallest absolute Gasteiger partial charge is 0.271 e. The molecule has 2 rings (SSSR count). The number of benzene rings is 2. The van der Waals surface area contributed by atoms with Crippen molar-refractivity contribution in [1.82, 2.24) is 10.7 Å². The summed E-state index contributed by atoms with van der Waals surface area (Å²) in [6, 6.07) is 13.9. The van der Waals surface area contributed by atoms with Crippen LogP contribution >= 0.6 is 0 Å². The molecule has 7 heteroatoms. The van der Waals surface area contributed by atoms with Gasteiger partial charge in [0.2, 0.25) is 0 Å². The van der Waals surface area contributed by atoms with Crippen molar-refractivity contribution in [1.29, 1.82) is 0 Å². The maximum absolute atomic E-state index is 12.0. The van der Waals surface area contributed by atoms with Crippen LogP contribution < -0.4 is 20.2 Å². The van der Waals surface area contributed by atoms with Gasteiger partial charge in [0, 0.05) is 11.6 Å². The third-order valence-electron chi connectivity index (χ3n) is 3.41. The lowest BCUT2D eigenvalue weighted by Crippen LogP contribution is -2.34. The van der Waals surface area contributed by atoms with E-state index < -0.39 is 0 Å². The molecular formula is C20H23N3O4. The average Bonchev–Trinajstić information content (AvgIpc) is 2.66. The molecule has 0 spiro atoms. The van der Waals surface area contributed by atoms with Crippen molar-refractivity contribution in [3.8, 4) is 11.5 Å². The van der Waals surface area contributed by atoms with E-state index in [2.05, 4.69) is 15.8 Å². The number of hydrogen-bond donors (Lipinski definition) is 2. The van der Waals surface area contributed by atoms with Gasteiger partial charge in [-0.15, -0.1) is 0 Å². The monoisotopic (exact) mass is 369 g/mol. The number of rotatable bonds is 8. The highest BCUT2D eigenvalue weighted by Gasteiger charge is 2.05. The van der Waals surface area contributed by atoms with E-state index in [-0.39, 0.29) is 24.5 Å². The summed E-state index contributed by atoms with van der Waals surface area (Å²) in [6.07, 6.45) is 1.52. The highest BCUT2D eigenvalue weighted by molar-refractivity contribution is 5.95. The number of carbonyl (C=O) groups is 2. The third kappa shape index (κ3) is 6.81. The summed E-state index contributed by atoms with van der Waals surface area (Å²) in [5.74, 6) is 0.674. The lowest BCUT2D eigenvalue weighted by molar-refractivity contribution is -0.123. The molecule has 0 atom stereocenters. The summed E-state index contributed by atoms with van der Waals surface area (Å²) in [7, 11) is 1.54. The standard InChI is InChI=1S/C20H23N3O4/c1-14(2)22-19(24)13-27-17-9-7-15(8-10-17)12-21-23-20(25)16-5-4-6-18(11-16)26-3/h4-12,14H,13H2,1-3H3,(H,22,24)(H,23,25)/b21-12-. The molecule has 142 valence electrons. The third-order valence-corrected chi connectivity index (χ3v) is 3.41. The molecule has 0 aromatic heterocycles. The Hall–Kier alpha value is -3.35. The molecule has 0 radical (unpaired) electrons. The fourth-order valence-corrected chi connectivity index (χ4v) is 2.16. The van der Waals surface area contributed by atoms with Gasteiger partial charge >= 0.3 is 0 Å². The van der Waals surface area contributed by atoms with Gasteiger partial charge in [-0.3, -0.25) is 9.59 Å². The zero-order valence-electron chi connectivity index (χ0n) is 15.6. The van der Waals surface area contributed by atoms with Gasteiger partial charge in [0.25, 0.3) is 11.8 Å². The van der Waals surface area contributed by atoms with Gasteiger partial charge in [0.05, 0.1) is 13.3 Å². The van der Waals surface area contributed by atoms with E-state index in [1.165, 1.54) is 6.21 Å². The van der Waals surface area contributed by atoms with Crippen molar-refractivity contribution in [2.75, 3.05) is 13.7 Å². The average molecular weight is 369 g/mol. The maximum Gasteiger partial charge on any atom is 0.271 e. The van der Waals surface area contributed by atoms with Gasteiger partial charge in [-0.1, -0.05) is 6.07 Å². The minimum Gasteiger partial charge on any atom is -0.497 e. The van der Waals surface area contributed by atoms with Crippen molar-refractivity contribution >= 4 is 18.0 Å². The maximum atomic E-state index is 12.0. The second-order valence-electron chi connectivity index (χ2n) is 6.01. The van der Waals surface area contributed by atoms with E-state index in [0.717, 1.165) is 5.56 Å². The molecule has 2 aromatic rings. The summed E-state index contributed by atoms with van der Waals surface area (Å²) in [5, 5.41) is 6.69. The van der Waals surface area contributed by atoms with Crippen LogP contribution in [-0.4, -0.2) is 37.8 Å². The molecule has 0 bridgehead atoms. The molecule has 0 aliphatic carbocycles. The molecule has 0 heterocycles. The van der Waals surface area contributed by atoms with Crippen LogP contribution in [0.15, 0.2) is 53.6 Å². The summed E-state index contributed by atoms with van der Waals surface area (Å²) >= 11 is 0. The number of methoxy groups -OCH3 is 1. The van der Waals surface area contributed by atoms with E-state index in [1.54, 1.807) is 55.6 Å². The highest BCUT2D eigenvalue weighted by atomic mass is 16.5. The molecule has 0 unspecified atom stereocenters. The Bertz CT molecular complexity index is 801. The Morgan fingerprint density at radius 2 is 1.85 bits per heavy atom. The SMILES string of the molecule is COc1cccc(C(=O)N/N=C\c2ccc(OCC(=O)NC(C)C)cc2)c1. The van der Waals surface area contributed by atoms with Crippen LogP contribution in [0.5, 0.6) is 11.5 Å². The Kier molecular flexibility index (Phi) is 7.37. The molecular weight excluding hydrogens is 346 g/mol. The van der Waals surface area contributed by atoms with Gasteiger partial charge in [0.1, 0.15) is 11.5 Å². The van der Waals surface area contributed by atoms with Crippen molar-refractivity contribution in [3.05, 3.63) is 59.7 Å². The molecule has 2 aromatic carbocycles. The first-order valence-corrected chi connectivity index (χ1v) is 8.47. The minimum atomic E-state index is -0.332. The molecule has 27 heavy (non-hydrogen) atoms. The van der Waals surface area contributed by atoms with Crippen LogP contribution in [0.25, 0.3) is 0 Å². The van der Waals surface area contributed by atoms with E-state index in [0.29, 0.717) is 17.1 Å². The number of hydrazone groups is 1. The van der Waals surface area contributed by atoms with Crippen LogP contribution in [-0.2, 0) is 4.79 Å². The predicted octanol–water partition coefficient (Wildman–Crippen LogP) is 2.36. The summed E-state index contributed by atoms with van der Waals surface area (Å²) in [4.78, 5) is 23.6. The summed E-state index contributed by atoms with van der Waals surface area (Å²) in [5.41, 5.74) is 3.69. The lowest BCUT2D eigenvalue weighted by Gasteiger charge is -2.09. The predicted molar refractivity (Wildman–Crippen MR) is 103 cm³/mol. The fourth-order valence-electron chi connectivity index (χ4n) is 2.16. The number of hydrogen-bond acceptors (Lipinski definition) is 5. The number of amides is 2. The number of carbonyl (C=O) groups excluding carboxylic acids is 2. The number of nitrogens with zero attached hydrogens (tertiary/aromatic N) is 1. The largest absolute Gasteiger partial charge is 0.497 e. The van der Waals surface area contributed by atoms with Gasteiger partial charge in [-0.2, -0.15) is 5.10 Å². The zero-order chi connectivity index (χ0) is 19.6. The quantitative estimate of drug-likeness (QED) is 0.552. The van der Waals surface area contributed by atoms with Crippen LogP contribution in [0.4, 0.5) is 0 Å². The van der Waals surface area contributed by atoms with Crippen molar-refractivity contribution < 1.29 is 19.1 Å². The Morgan fingerprint density at radius 1 is 1.11 bits per heavy atom. The van der Waals surface area contributed by atoms with E-state index in [1.807, 2.05) is 13.8 Å². The molecule has 0 saturated carbocycles. The first-order chi connectivity index (χ1) is 13.0. The summed E-state index contributed by atoms with van der Waals surface area (Å²) in [6.45, 7) is 3.74. The van der Waals surface area contributed by atoms with E-state index in [4.69, 9.17) is 9.47 Å². The van der Waals surface area contributed by atoms with Crippen molar-refractivity contribution in [2.24, 2.45) is 5.10 Å². The zero-order valence-corrected chi connectivity index (χ0v) is 15.6. The molecule has 2 amide bonds. The van der Waals surface area contributed by atoms with Crippen molar-refractivity contribution in [3.63, 3.8) is 0 Å². The van der Waals surface area contributed by atoms with E-state index >= 15 is 0 Å². The summed E-state index contributed by atoms with van der Waals surface area (Å²) < 4.78 is 10.5. The van der Waals surface area contributed by atoms with Crippen LogP contribution in [0.1, 0.15) is 29.8 Å². The van der Waals surface area contributed by atoms with Gasteiger partial charge in [-0.05, 0) is 61.9 Å². The van der Waals surface area contributed by atoms with Crippen LogP contribution in [0.2, 0.25) is 0 Å². The Labute approximate surface area is 158 Å². The van der Waals surface area contributed by atoms with E-state index in [9.17, 15) is 9.59 Å². The molecule has 0 fully saturated rings.